The monoisotopic (exact) mass is 548 g/mol. The second kappa shape index (κ2) is 10.0. The average Bonchev–Trinajstić information content (AvgIpc) is 3.16. The second-order valence-electron chi connectivity index (χ2n) is 6.69. The molecule has 5 nitrogen and oxygen atoms in total. The van der Waals surface area contributed by atoms with Gasteiger partial charge in [-0.2, -0.15) is 0 Å². The molecule has 3 aromatic carbocycles. The minimum atomic E-state index is -1.04. The van der Waals surface area contributed by atoms with Crippen molar-refractivity contribution in [3.8, 4) is 5.75 Å². The summed E-state index contributed by atoms with van der Waals surface area (Å²) in [6.07, 6.45) is 1.59. The smallest absolute Gasteiger partial charge is 0.342 e. The molecular weight excluding hydrogens is 535 g/mol. The van der Waals surface area contributed by atoms with Gasteiger partial charge in [0.25, 0.3) is 0 Å². The lowest BCUT2D eigenvalue weighted by atomic mass is 10.2. The maximum absolute atomic E-state index is 11.8. The summed E-state index contributed by atoms with van der Waals surface area (Å²) in [5.74, 6) is -0.431. The van der Waals surface area contributed by atoms with E-state index in [-0.39, 0.29) is 11.5 Å². The number of aromatic amines is 1. The number of hydrogen-bond donors (Lipinski definition) is 2. The molecule has 0 radical (unpaired) electrons. The Labute approximate surface area is 206 Å². The topological polar surface area (TPSA) is 75.2 Å². The maximum Gasteiger partial charge on any atom is 0.342 e. The molecule has 4 aromatic rings. The lowest BCUT2D eigenvalue weighted by Crippen LogP contribution is -1.98. The van der Waals surface area contributed by atoms with Crippen LogP contribution in [0, 0.1) is 0 Å². The van der Waals surface area contributed by atoms with Gasteiger partial charge < -0.3 is 14.8 Å². The number of halogens is 3. The summed E-state index contributed by atoms with van der Waals surface area (Å²) in [5, 5.41) is 11.3. The van der Waals surface area contributed by atoms with Gasteiger partial charge in [-0.1, -0.05) is 47.5 Å². The van der Waals surface area contributed by atoms with Gasteiger partial charge >= 0.3 is 5.97 Å². The Morgan fingerprint density at radius 3 is 2.69 bits per heavy atom. The number of imidazole rings is 1. The molecule has 1 aromatic heterocycles. The van der Waals surface area contributed by atoms with E-state index in [1.807, 2.05) is 30.3 Å². The Morgan fingerprint density at radius 1 is 1.16 bits per heavy atom. The summed E-state index contributed by atoms with van der Waals surface area (Å²) >= 11 is 16.7. The van der Waals surface area contributed by atoms with E-state index < -0.39 is 5.97 Å². The summed E-state index contributed by atoms with van der Waals surface area (Å²) in [6, 6.07) is 18.1. The van der Waals surface area contributed by atoms with Crippen molar-refractivity contribution in [1.29, 1.82) is 0 Å². The molecule has 0 aliphatic heterocycles. The highest BCUT2D eigenvalue weighted by molar-refractivity contribution is 9.10. The van der Waals surface area contributed by atoms with Crippen LogP contribution in [0.4, 0.5) is 0 Å². The van der Waals surface area contributed by atoms with E-state index in [9.17, 15) is 9.90 Å². The molecule has 32 heavy (non-hydrogen) atoms. The Hall–Kier alpha value is -2.45. The summed E-state index contributed by atoms with van der Waals surface area (Å²) in [7, 11) is 0. The lowest BCUT2D eigenvalue weighted by Gasteiger charge is -2.10. The number of nitrogens with one attached hydrogen (secondary N) is 1. The molecule has 0 saturated carbocycles. The number of nitrogens with zero attached hydrogens (tertiary/aromatic N) is 1. The van der Waals surface area contributed by atoms with Gasteiger partial charge in [-0.15, -0.1) is 0 Å². The summed E-state index contributed by atoms with van der Waals surface area (Å²) < 4.78 is 6.54. The fraction of sp³-hybridized carbons (Fsp3) is 0.0435. The van der Waals surface area contributed by atoms with Crippen LogP contribution in [0.15, 0.2) is 75.2 Å². The molecule has 0 fully saturated rings. The number of aromatic nitrogens is 2. The van der Waals surface area contributed by atoms with Gasteiger partial charge in [-0.05, 0) is 75.7 Å². The third kappa shape index (κ3) is 5.48. The molecule has 1 heterocycles. The SMILES string of the molecule is O=C(O)/C(=C/c1ccc(OCc2ccc(Cl)cc2Cl)c(Br)c1)Sc1nc2ccccc2[nH]1. The van der Waals surface area contributed by atoms with Crippen molar-refractivity contribution in [2.24, 2.45) is 0 Å². The molecule has 0 aliphatic carbocycles. The van der Waals surface area contributed by atoms with Gasteiger partial charge in [0.2, 0.25) is 0 Å². The van der Waals surface area contributed by atoms with Crippen LogP contribution in [0.25, 0.3) is 17.1 Å². The first-order valence-electron chi connectivity index (χ1n) is 9.33. The largest absolute Gasteiger partial charge is 0.488 e. The molecule has 0 spiro atoms. The van der Waals surface area contributed by atoms with Crippen molar-refractivity contribution < 1.29 is 14.6 Å². The van der Waals surface area contributed by atoms with Gasteiger partial charge in [0.1, 0.15) is 17.3 Å². The van der Waals surface area contributed by atoms with Crippen LogP contribution in [-0.4, -0.2) is 21.0 Å². The third-order valence-corrected chi connectivity index (χ3v) is 6.54. The number of thioether (sulfide) groups is 1. The van der Waals surface area contributed by atoms with Crippen molar-refractivity contribution in [2.45, 2.75) is 11.8 Å². The molecule has 0 unspecified atom stereocenters. The number of rotatable bonds is 7. The first kappa shape index (κ1) is 22.7. The standard InChI is InChI=1S/C23H15BrCl2N2O3S/c24-16-9-13(5-8-20(16)31-12-14-6-7-15(25)11-17(14)26)10-21(22(29)30)32-23-27-18-3-1-2-4-19(18)28-23/h1-11H,12H2,(H,27,28)(H,29,30)/b21-10-. The van der Waals surface area contributed by atoms with Crippen LogP contribution in [0.5, 0.6) is 5.75 Å². The molecule has 0 atom stereocenters. The molecule has 162 valence electrons. The quantitative estimate of drug-likeness (QED) is 0.185. The molecule has 0 bridgehead atoms. The molecular formula is C23H15BrCl2N2O3S. The van der Waals surface area contributed by atoms with Crippen LogP contribution in [0.3, 0.4) is 0 Å². The number of carboxylic acid groups (broad SMARTS) is 1. The number of aliphatic carboxylic acids is 1. The zero-order valence-corrected chi connectivity index (χ0v) is 20.2. The van der Waals surface area contributed by atoms with Gasteiger partial charge in [-0.25, -0.2) is 9.78 Å². The highest BCUT2D eigenvalue weighted by Gasteiger charge is 2.14. The lowest BCUT2D eigenvalue weighted by molar-refractivity contribution is -0.131. The van der Waals surface area contributed by atoms with E-state index in [2.05, 4.69) is 25.9 Å². The van der Waals surface area contributed by atoms with Crippen molar-refractivity contribution in [3.05, 3.63) is 91.2 Å². The fourth-order valence-electron chi connectivity index (χ4n) is 2.89. The van der Waals surface area contributed by atoms with Gasteiger partial charge in [0.15, 0.2) is 5.16 Å². The molecule has 0 aliphatic rings. The first-order chi connectivity index (χ1) is 15.4. The predicted molar refractivity (Wildman–Crippen MR) is 132 cm³/mol. The van der Waals surface area contributed by atoms with Crippen LogP contribution in [-0.2, 0) is 11.4 Å². The number of para-hydroxylation sites is 2. The zero-order chi connectivity index (χ0) is 22.7. The average molecular weight is 550 g/mol. The highest BCUT2D eigenvalue weighted by Crippen LogP contribution is 2.32. The maximum atomic E-state index is 11.8. The van der Waals surface area contributed by atoms with E-state index in [1.54, 1.807) is 36.4 Å². The first-order valence-corrected chi connectivity index (χ1v) is 11.7. The number of carboxylic acids is 1. The second-order valence-corrected chi connectivity index (χ2v) is 9.42. The number of hydrogen-bond acceptors (Lipinski definition) is 4. The van der Waals surface area contributed by atoms with Crippen molar-refractivity contribution in [2.75, 3.05) is 0 Å². The molecule has 2 N–H and O–H groups in total. The molecule has 9 heteroatoms. The Kier molecular flexibility index (Phi) is 7.10. The number of carbonyl (C=O) groups is 1. The number of benzene rings is 3. The highest BCUT2D eigenvalue weighted by atomic mass is 79.9. The van der Waals surface area contributed by atoms with Crippen LogP contribution < -0.4 is 4.74 Å². The normalized spacial score (nSPS) is 11.7. The Morgan fingerprint density at radius 2 is 1.97 bits per heavy atom. The predicted octanol–water partition coefficient (Wildman–Crippen LogP) is 7.43. The number of fused-ring (bicyclic) bond motifs is 1. The third-order valence-electron chi connectivity index (χ3n) is 4.44. The van der Waals surface area contributed by atoms with Crippen LogP contribution in [0.1, 0.15) is 11.1 Å². The number of ether oxygens (including phenoxy) is 1. The van der Waals surface area contributed by atoms with Gasteiger partial charge in [0.05, 0.1) is 15.5 Å². The van der Waals surface area contributed by atoms with E-state index in [0.717, 1.165) is 28.4 Å². The summed E-state index contributed by atoms with van der Waals surface area (Å²) in [5.41, 5.74) is 3.15. The van der Waals surface area contributed by atoms with E-state index in [4.69, 9.17) is 27.9 Å². The minimum Gasteiger partial charge on any atom is -0.488 e. The summed E-state index contributed by atoms with van der Waals surface area (Å²) in [6.45, 7) is 0.270. The summed E-state index contributed by atoms with van der Waals surface area (Å²) in [4.78, 5) is 19.5. The molecule has 0 saturated heterocycles. The Balaban J connectivity index is 1.51. The molecule has 0 amide bonds. The van der Waals surface area contributed by atoms with Crippen molar-refractivity contribution in [3.63, 3.8) is 0 Å². The Bertz CT molecular complexity index is 1310. The van der Waals surface area contributed by atoms with Crippen LogP contribution >= 0.6 is 50.9 Å². The van der Waals surface area contributed by atoms with Crippen LogP contribution in [0.2, 0.25) is 10.0 Å². The van der Waals surface area contributed by atoms with E-state index in [1.165, 1.54) is 0 Å². The van der Waals surface area contributed by atoms with E-state index in [0.29, 0.717) is 31.0 Å². The number of H-pyrrole nitrogens is 1. The van der Waals surface area contributed by atoms with Crippen molar-refractivity contribution >= 4 is 74.0 Å². The fourth-order valence-corrected chi connectivity index (χ4v) is 4.66. The molecule has 4 rings (SSSR count). The minimum absolute atomic E-state index is 0.137. The van der Waals surface area contributed by atoms with Gasteiger partial charge in [0, 0.05) is 15.6 Å². The van der Waals surface area contributed by atoms with E-state index >= 15 is 0 Å². The van der Waals surface area contributed by atoms with Gasteiger partial charge in [-0.3, -0.25) is 0 Å². The van der Waals surface area contributed by atoms with Crippen molar-refractivity contribution in [1.82, 2.24) is 9.97 Å². The zero-order valence-electron chi connectivity index (χ0n) is 16.3.